The lowest BCUT2D eigenvalue weighted by molar-refractivity contribution is -0.139. The molecule has 0 radical (unpaired) electrons. The summed E-state index contributed by atoms with van der Waals surface area (Å²) >= 11 is 0. The van der Waals surface area contributed by atoms with Crippen molar-refractivity contribution in [2.75, 3.05) is 6.61 Å². The molecule has 0 spiro atoms. The summed E-state index contributed by atoms with van der Waals surface area (Å²) in [5, 5.41) is 19.7. The lowest BCUT2D eigenvalue weighted by Gasteiger charge is -2.15. The van der Waals surface area contributed by atoms with Gasteiger partial charge in [0.1, 0.15) is 11.8 Å². The number of para-hydroxylation sites is 1. The summed E-state index contributed by atoms with van der Waals surface area (Å²) in [6, 6.07) is 3.91. The van der Waals surface area contributed by atoms with Gasteiger partial charge in [0.15, 0.2) is 0 Å². The zero-order valence-corrected chi connectivity index (χ0v) is 10.3. The van der Waals surface area contributed by atoms with E-state index in [1.807, 2.05) is 0 Å². The maximum Gasteiger partial charge on any atom is 0.387 e. The van der Waals surface area contributed by atoms with Crippen molar-refractivity contribution in [3.63, 3.8) is 0 Å². The first kappa shape index (κ1) is 15.8. The van der Waals surface area contributed by atoms with E-state index in [0.29, 0.717) is 0 Å². The Morgan fingerprint density at radius 1 is 1.30 bits per heavy atom. The molecule has 1 atom stereocenters. The van der Waals surface area contributed by atoms with Crippen LogP contribution in [0.25, 0.3) is 0 Å². The molecule has 0 saturated carbocycles. The fraction of sp³-hybridized carbons (Fsp3) is 0.333. The van der Waals surface area contributed by atoms with Crippen molar-refractivity contribution in [2.45, 2.75) is 19.1 Å². The van der Waals surface area contributed by atoms with Crippen LogP contribution >= 0.6 is 0 Å². The Morgan fingerprint density at radius 3 is 2.50 bits per heavy atom. The number of aliphatic carboxylic acids is 1. The van der Waals surface area contributed by atoms with Crippen molar-refractivity contribution in [1.82, 2.24) is 5.32 Å². The first-order chi connectivity index (χ1) is 9.45. The number of amides is 1. The van der Waals surface area contributed by atoms with Gasteiger partial charge >= 0.3 is 12.6 Å². The number of carboxylic acid groups (broad SMARTS) is 1. The van der Waals surface area contributed by atoms with Crippen LogP contribution in [0.2, 0.25) is 0 Å². The van der Waals surface area contributed by atoms with E-state index in [4.69, 9.17) is 10.2 Å². The molecule has 0 aliphatic carbocycles. The predicted octanol–water partition coefficient (Wildman–Crippen LogP) is 0.853. The minimum atomic E-state index is -3.10. The van der Waals surface area contributed by atoms with E-state index in [1.54, 1.807) is 0 Å². The van der Waals surface area contributed by atoms with Crippen molar-refractivity contribution in [1.29, 1.82) is 0 Å². The molecule has 0 aromatic heterocycles. The minimum absolute atomic E-state index is 0.195. The maximum atomic E-state index is 12.2. The Bertz CT molecular complexity index is 481. The molecule has 110 valence electrons. The molecule has 1 rings (SSSR count). The SMILES string of the molecule is O=C(NC(CCO)C(=O)O)c1ccccc1OC(F)F. The van der Waals surface area contributed by atoms with E-state index < -0.39 is 31.1 Å². The Morgan fingerprint density at radius 2 is 1.95 bits per heavy atom. The number of hydrogen-bond donors (Lipinski definition) is 3. The van der Waals surface area contributed by atoms with Gasteiger partial charge in [0.25, 0.3) is 5.91 Å². The van der Waals surface area contributed by atoms with Crippen LogP contribution in [-0.2, 0) is 4.79 Å². The summed E-state index contributed by atoms with van der Waals surface area (Å²) in [5.74, 6) is -2.56. The Balaban J connectivity index is 2.88. The van der Waals surface area contributed by atoms with Gasteiger partial charge in [-0.1, -0.05) is 12.1 Å². The van der Waals surface area contributed by atoms with Crippen molar-refractivity contribution >= 4 is 11.9 Å². The van der Waals surface area contributed by atoms with Gasteiger partial charge in [0.05, 0.1) is 5.56 Å². The summed E-state index contributed by atoms with van der Waals surface area (Å²) in [7, 11) is 0. The minimum Gasteiger partial charge on any atom is -0.480 e. The van der Waals surface area contributed by atoms with Gasteiger partial charge in [-0.3, -0.25) is 4.79 Å². The number of carboxylic acids is 1. The van der Waals surface area contributed by atoms with Crippen LogP contribution in [0.15, 0.2) is 24.3 Å². The molecule has 1 aromatic carbocycles. The molecule has 8 heteroatoms. The number of rotatable bonds is 7. The summed E-state index contributed by atoms with van der Waals surface area (Å²) < 4.78 is 28.6. The number of halogens is 2. The van der Waals surface area contributed by atoms with Gasteiger partial charge < -0.3 is 20.3 Å². The van der Waals surface area contributed by atoms with Crippen molar-refractivity contribution < 1.29 is 33.3 Å². The number of aliphatic hydroxyl groups is 1. The molecule has 0 aliphatic rings. The number of aliphatic hydroxyl groups excluding tert-OH is 1. The summed E-state index contributed by atoms with van der Waals surface area (Å²) in [5.41, 5.74) is -0.211. The first-order valence-corrected chi connectivity index (χ1v) is 5.64. The van der Waals surface area contributed by atoms with Crippen LogP contribution in [0.1, 0.15) is 16.8 Å². The molecule has 0 fully saturated rings. The lowest BCUT2D eigenvalue weighted by atomic mass is 10.1. The number of carbonyl (C=O) groups is 2. The Kier molecular flexibility index (Phi) is 5.85. The number of alkyl halides is 2. The largest absolute Gasteiger partial charge is 0.480 e. The quantitative estimate of drug-likeness (QED) is 0.691. The second-order valence-corrected chi connectivity index (χ2v) is 3.75. The topological polar surface area (TPSA) is 95.9 Å². The third-order valence-corrected chi connectivity index (χ3v) is 2.37. The average molecular weight is 289 g/mol. The highest BCUT2D eigenvalue weighted by Crippen LogP contribution is 2.20. The molecule has 1 unspecified atom stereocenters. The first-order valence-electron chi connectivity index (χ1n) is 5.64. The van der Waals surface area contributed by atoms with Crippen LogP contribution in [0.3, 0.4) is 0 Å². The highest BCUT2D eigenvalue weighted by atomic mass is 19.3. The smallest absolute Gasteiger partial charge is 0.387 e. The van der Waals surface area contributed by atoms with Crippen LogP contribution in [0, 0.1) is 0 Å². The molecule has 1 amide bonds. The summed E-state index contributed by atoms with van der Waals surface area (Å²) in [4.78, 5) is 22.7. The van der Waals surface area contributed by atoms with Gasteiger partial charge in [-0.2, -0.15) is 8.78 Å². The normalized spacial score (nSPS) is 12.0. The van der Waals surface area contributed by atoms with Gasteiger partial charge in [-0.25, -0.2) is 4.79 Å². The van der Waals surface area contributed by atoms with E-state index in [1.165, 1.54) is 24.3 Å². The lowest BCUT2D eigenvalue weighted by Crippen LogP contribution is -2.41. The zero-order chi connectivity index (χ0) is 15.1. The second kappa shape index (κ2) is 7.39. The van der Waals surface area contributed by atoms with Crippen LogP contribution in [-0.4, -0.2) is 41.3 Å². The second-order valence-electron chi connectivity index (χ2n) is 3.75. The monoisotopic (exact) mass is 289 g/mol. The van der Waals surface area contributed by atoms with Gasteiger partial charge in [0.2, 0.25) is 0 Å². The molecule has 0 heterocycles. The average Bonchev–Trinajstić information content (AvgIpc) is 2.37. The molecule has 20 heavy (non-hydrogen) atoms. The van der Waals surface area contributed by atoms with Gasteiger partial charge in [-0.15, -0.1) is 0 Å². The zero-order valence-electron chi connectivity index (χ0n) is 10.3. The third-order valence-electron chi connectivity index (χ3n) is 2.37. The molecule has 3 N–H and O–H groups in total. The molecule has 0 aliphatic heterocycles. The highest BCUT2D eigenvalue weighted by Gasteiger charge is 2.22. The van der Waals surface area contributed by atoms with E-state index in [0.717, 1.165) is 0 Å². The number of carbonyl (C=O) groups excluding carboxylic acids is 1. The molecule has 0 bridgehead atoms. The van der Waals surface area contributed by atoms with E-state index in [2.05, 4.69) is 10.1 Å². The predicted molar refractivity (Wildman–Crippen MR) is 63.7 cm³/mol. The molecule has 1 aromatic rings. The van der Waals surface area contributed by atoms with E-state index >= 15 is 0 Å². The van der Waals surface area contributed by atoms with Gasteiger partial charge in [-0.05, 0) is 12.1 Å². The van der Waals surface area contributed by atoms with Crippen molar-refractivity contribution in [2.24, 2.45) is 0 Å². The third kappa shape index (κ3) is 4.47. The number of ether oxygens (including phenoxy) is 1. The van der Waals surface area contributed by atoms with Crippen LogP contribution in [0.5, 0.6) is 5.75 Å². The number of hydrogen-bond acceptors (Lipinski definition) is 4. The van der Waals surface area contributed by atoms with Crippen LogP contribution < -0.4 is 10.1 Å². The van der Waals surface area contributed by atoms with E-state index in [9.17, 15) is 18.4 Å². The molecular formula is C12H13F2NO5. The molecule has 0 saturated heterocycles. The fourth-order valence-electron chi connectivity index (χ4n) is 1.48. The Labute approximate surface area is 113 Å². The standard InChI is InChI=1S/C12H13F2NO5/c13-12(14)20-9-4-2-1-3-7(9)10(17)15-8(5-6-16)11(18)19/h1-4,8,12,16H,5-6H2,(H,15,17)(H,18,19). The summed E-state index contributed by atoms with van der Waals surface area (Å²) in [6.45, 7) is -3.54. The van der Waals surface area contributed by atoms with Crippen molar-refractivity contribution in [3.8, 4) is 5.75 Å². The van der Waals surface area contributed by atoms with Crippen molar-refractivity contribution in [3.05, 3.63) is 29.8 Å². The molecular weight excluding hydrogens is 276 g/mol. The number of nitrogens with one attached hydrogen (secondary N) is 1. The van der Waals surface area contributed by atoms with E-state index in [-0.39, 0.29) is 17.7 Å². The number of benzene rings is 1. The highest BCUT2D eigenvalue weighted by molar-refractivity contribution is 5.98. The van der Waals surface area contributed by atoms with Gasteiger partial charge in [0, 0.05) is 13.0 Å². The maximum absolute atomic E-state index is 12.2. The fourth-order valence-corrected chi connectivity index (χ4v) is 1.48. The summed E-state index contributed by atoms with van der Waals surface area (Å²) in [6.07, 6.45) is -0.195. The Hall–Kier alpha value is -2.22. The van der Waals surface area contributed by atoms with Crippen LogP contribution in [0.4, 0.5) is 8.78 Å². The molecule has 6 nitrogen and oxygen atoms in total.